The van der Waals surface area contributed by atoms with E-state index in [0.717, 1.165) is 9.13 Å². The van der Waals surface area contributed by atoms with Crippen LogP contribution in [0.5, 0.6) is 0 Å². The monoisotopic (exact) mass is 275 g/mol. The smallest absolute Gasteiger partial charge is 0.0847 e. The molecule has 0 aliphatic carbocycles. The first kappa shape index (κ1) is 9.51. The summed E-state index contributed by atoms with van der Waals surface area (Å²) in [4.78, 5) is 0. The summed E-state index contributed by atoms with van der Waals surface area (Å²) in [6.07, 6.45) is 0. The number of halogens is 1. The van der Waals surface area contributed by atoms with Crippen LogP contribution in [0, 0.1) is 10.5 Å². The Morgan fingerprint density at radius 2 is 2.17 bits per heavy atom. The van der Waals surface area contributed by atoms with Crippen LogP contribution in [0.4, 0.5) is 0 Å². The van der Waals surface area contributed by atoms with Gasteiger partial charge in [0.05, 0.1) is 5.71 Å². The highest BCUT2D eigenvalue weighted by atomic mass is 127. The fourth-order valence-corrected chi connectivity index (χ4v) is 1.70. The topological polar surface area (TPSA) is 32.6 Å². The summed E-state index contributed by atoms with van der Waals surface area (Å²) in [5.41, 5.74) is 2.83. The second kappa shape index (κ2) is 3.89. The average molecular weight is 275 g/mol. The third kappa shape index (κ3) is 1.97. The zero-order chi connectivity index (χ0) is 9.14. The molecule has 0 spiro atoms. The molecule has 0 unspecified atom stereocenters. The highest BCUT2D eigenvalue weighted by Crippen LogP contribution is 2.14. The summed E-state index contributed by atoms with van der Waals surface area (Å²) in [6, 6.07) is 6.06. The van der Waals surface area contributed by atoms with Gasteiger partial charge in [-0.15, -0.1) is 0 Å². The third-order valence-electron chi connectivity index (χ3n) is 1.66. The summed E-state index contributed by atoms with van der Waals surface area (Å²) in [5.74, 6) is 0. The van der Waals surface area contributed by atoms with Crippen LogP contribution in [0.25, 0.3) is 0 Å². The molecule has 1 aromatic rings. The van der Waals surface area contributed by atoms with Crippen molar-refractivity contribution in [2.75, 3.05) is 0 Å². The number of nitrogens with zero attached hydrogens (tertiary/aromatic N) is 1. The Balaban J connectivity index is 3.23. The van der Waals surface area contributed by atoms with E-state index < -0.39 is 0 Å². The Labute approximate surface area is 85.4 Å². The number of oxime groups is 1. The van der Waals surface area contributed by atoms with Crippen LogP contribution in [0.3, 0.4) is 0 Å². The van der Waals surface area contributed by atoms with Gasteiger partial charge >= 0.3 is 0 Å². The zero-order valence-corrected chi connectivity index (χ0v) is 9.16. The first-order valence-electron chi connectivity index (χ1n) is 3.60. The van der Waals surface area contributed by atoms with E-state index in [0.29, 0.717) is 5.71 Å². The van der Waals surface area contributed by atoms with Crippen molar-refractivity contribution in [2.24, 2.45) is 5.16 Å². The minimum Gasteiger partial charge on any atom is -0.411 e. The first-order valence-corrected chi connectivity index (χ1v) is 4.68. The predicted octanol–water partition coefficient (Wildman–Crippen LogP) is 2.80. The lowest BCUT2D eigenvalue weighted by Gasteiger charge is -2.02. The standard InChI is InChI=1S/C9H10INO/c1-6-3-4-9(10)8(5-6)7(2)11-12/h3-5,12H,1-2H3/b11-7+. The molecule has 0 radical (unpaired) electrons. The quantitative estimate of drug-likeness (QED) is 0.363. The Hall–Kier alpha value is -0.580. The molecule has 1 rings (SSSR count). The van der Waals surface area contributed by atoms with E-state index in [4.69, 9.17) is 5.21 Å². The first-order chi connectivity index (χ1) is 5.65. The van der Waals surface area contributed by atoms with Gasteiger partial charge in [-0.2, -0.15) is 0 Å². The number of aryl methyl sites for hydroxylation is 1. The van der Waals surface area contributed by atoms with Crippen LogP contribution >= 0.6 is 22.6 Å². The van der Waals surface area contributed by atoms with Gasteiger partial charge in [0.25, 0.3) is 0 Å². The molecule has 0 atom stereocenters. The minimum absolute atomic E-state index is 0.656. The van der Waals surface area contributed by atoms with E-state index in [2.05, 4.69) is 27.7 Å². The summed E-state index contributed by atoms with van der Waals surface area (Å²) >= 11 is 2.22. The highest BCUT2D eigenvalue weighted by molar-refractivity contribution is 14.1. The molecule has 0 aliphatic rings. The van der Waals surface area contributed by atoms with Crippen LogP contribution < -0.4 is 0 Å². The maximum absolute atomic E-state index is 8.59. The van der Waals surface area contributed by atoms with Gasteiger partial charge in [0.1, 0.15) is 0 Å². The molecule has 2 nitrogen and oxygen atoms in total. The molecule has 0 amide bonds. The molecule has 1 aromatic carbocycles. The zero-order valence-electron chi connectivity index (χ0n) is 7.00. The van der Waals surface area contributed by atoms with Crippen molar-refractivity contribution in [1.29, 1.82) is 0 Å². The molecule has 12 heavy (non-hydrogen) atoms. The van der Waals surface area contributed by atoms with Gasteiger partial charge in [-0.1, -0.05) is 16.8 Å². The van der Waals surface area contributed by atoms with Crippen molar-refractivity contribution in [3.63, 3.8) is 0 Å². The third-order valence-corrected chi connectivity index (χ3v) is 2.60. The number of rotatable bonds is 1. The lowest BCUT2D eigenvalue weighted by Crippen LogP contribution is -1.98. The Morgan fingerprint density at radius 1 is 1.50 bits per heavy atom. The van der Waals surface area contributed by atoms with Crippen molar-refractivity contribution in [1.82, 2.24) is 0 Å². The average Bonchev–Trinajstić information content (AvgIpc) is 2.08. The molecule has 0 saturated heterocycles. The van der Waals surface area contributed by atoms with Crippen molar-refractivity contribution in [3.8, 4) is 0 Å². The SMILES string of the molecule is C/C(=N\O)c1cc(C)ccc1I. The van der Waals surface area contributed by atoms with Crippen LogP contribution in [0.2, 0.25) is 0 Å². The Bertz CT molecular complexity index is 320. The molecule has 0 bridgehead atoms. The summed E-state index contributed by atoms with van der Waals surface area (Å²) in [6.45, 7) is 3.81. The molecule has 0 aromatic heterocycles. The normalized spacial score (nSPS) is 11.8. The molecule has 0 saturated carbocycles. The van der Waals surface area contributed by atoms with Gasteiger partial charge in [-0.25, -0.2) is 0 Å². The molecular formula is C9H10INO. The highest BCUT2D eigenvalue weighted by Gasteiger charge is 2.02. The van der Waals surface area contributed by atoms with E-state index in [-0.39, 0.29) is 0 Å². The number of benzene rings is 1. The van der Waals surface area contributed by atoms with Gasteiger partial charge in [-0.3, -0.25) is 0 Å². The van der Waals surface area contributed by atoms with Crippen LogP contribution in [-0.4, -0.2) is 10.9 Å². The minimum atomic E-state index is 0.656. The van der Waals surface area contributed by atoms with E-state index in [9.17, 15) is 0 Å². The van der Waals surface area contributed by atoms with Crippen molar-refractivity contribution in [3.05, 3.63) is 32.9 Å². The van der Waals surface area contributed by atoms with Crippen molar-refractivity contribution < 1.29 is 5.21 Å². The maximum Gasteiger partial charge on any atom is 0.0847 e. The molecule has 3 heteroatoms. The second-order valence-electron chi connectivity index (χ2n) is 2.67. The van der Waals surface area contributed by atoms with E-state index in [1.807, 2.05) is 25.1 Å². The predicted molar refractivity (Wildman–Crippen MR) is 57.9 cm³/mol. The molecule has 0 fully saturated rings. The second-order valence-corrected chi connectivity index (χ2v) is 3.83. The Kier molecular flexibility index (Phi) is 3.08. The van der Waals surface area contributed by atoms with E-state index in [1.54, 1.807) is 6.92 Å². The van der Waals surface area contributed by atoms with Gasteiger partial charge in [0.15, 0.2) is 0 Å². The number of hydrogen-bond acceptors (Lipinski definition) is 2. The fourth-order valence-electron chi connectivity index (χ4n) is 0.970. The van der Waals surface area contributed by atoms with E-state index in [1.165, 1.54) is 5.56 Å². The summed E-state index contributed by atoms with van der Waals surface area (Å²) in [5, 5.41) is 11.8. The van der Waals surface area contributed by atoms with Crippen LogP contribution in [0.1, 0.15) is 18.1 Å². The largest absolute Gasteiger partial charge is 0.411 e. The molecule has 64 valence electrons. The van der Waals surface area contributed by atoms with Gasteiger partial charge in [0, 0.05) is 9.13 Å². The molecule has 1 N–H and O–H groups in total. The summed E-state index contributed by atoms with van der Waals surface area (Å²) < 4.78 is 1.11. The summed E-state index contributed by atoms with van der Waals surface area (Å²) in [7, 11) is 0. The maximum atomic E-state index is 8.59. The number of hydrogen-bond donors (Lipinski definition) is 1. The van der Waals surface area contributed by atoms with E-state index >= 15 is 0 Å². The fraction of sp³-hybridized carbons (Fsp3) is 0.222. The van der Waals surface area contributed by atoms with Crippen LogP contribution in [0.15, 0.2) is 23.4 Å². The van der Waals surface area contributed by atoms with Crippen molar-refractivity contribution >= 4 is 28.3 Å². The van der Waals surface area contributed by atoms with Gasteiger partial charge < -0.3 is 5.21 Å². The lowest BCUT2D eigenvalue weighted by atomic mass is 10.1. The Morgan fingerprint density at radius 3 is 2.75 bits per heavy atom. The van der Waals surface area contributed by atoms with Gasteiger partial charge in [0.2, 0.25) is 0 Å². The molecule has 0 heterocycles. The lowest BCUT2D eigenvalue weighted by molar-refractivity contribution is 0.319. The molecule has 0 aliphatic heterocycles. The van der Waals surface area contributed by atoms with Crippen molar-refractivity contribution in [2.45, 2.75) is 13.8 Å². The van der Waals surface area contributed by atoms with Gasteiger partial charge in [-0.05, 0) is 48.6 Å². The van der Waals surface area contributed by atoms with Crippen LogP contribution in [-0.2, 0) is 0 Å². The molecular weight excluding hydrogens is 265 g/mol.